The Morgan fingerprint density at radius 1 is 1.08 bits per heavy atom. The van der Waals surface area contributed by atoms with Crippen molar-refractivity contribution >= 4 is 46.6 Å². The number of anilines is 1. The fourth-order valence-electron chi connectivity index (χ4n) is 1.97. The summed E-state index contributed by atoms with van der Waals surface area (Å²) in [5.41, 5.74) is 0.627. The monoisotopic (exact) mass is 385 g/mol. The third-order valence-electron chi connectivity index (χ3n) is 3.22. The van der Waals surface area contributed by atoms with Crippen LogP contribution in [0.2, 0.25) is 10.0 Å². The Morgan fingerprint density at radius 3 is 2.46 bits per heavy atom. The van der Waals surface area contributed by atoms with E-state index < -0.39 is 0 Å². The molecule has 2 aromatic carbocycles. The highest BCUT2D eigenvalue weighted by atomic mass is 35.5. The van der Waals surface area contributed by atoms with Gasteiger partial charge in [-0.3, -0.25) is 4.79 Å². The maximum atomic E-state index is 12.4. The van der Waals surface area contributed by atoms with E-state index in [-0.39, 0.29) is 11.2 Å². The first-order valence-corrected chi connectivity index (χ1v) is 8.72. The van der Waals surface area contributed by atoms with Gasteiger partial charge in [-0.05, 0) is 37.3 Å². The molecule has 0 aromatic heterocycles. The summed E-state index contributed by atoms with van der Waals surface area (Å²) in [5, 5.41) is 3.64. The predicted molar refractivity (Wildman–Crippen MR) is 100.0 cm³/mol. The van der Waals surface area contributed by atoms with Crippen molar-refractivity contribution in [3.05, 3.63) is 46.4 Å². The summed E-state index contributed by atoms with van der Waals surface area (Å²) in [6.45, 7) is 1.80. The van der Waals surface area contributed by atoms with Crippen LogP contribution in [0.4, 0.5) is 5.69 Å². The molecule has 1 amide bonds. The number of hydrogen-bond donors (Lipinski definition) is 1. The SMILES string of the molecule is COc1ccc(NC(=O)[C@@H](C)Sc2cc(Cl)ccc2Cl)cc1OC. The van der Waals surface area contributed by atoms with Crippen LogP contribution in [0, 0.1) is 0 Å². The van der Waals surface area contributed by atoms with E-state index in [1.165, 1.54) is 11.8 Å². The van der Waals surface area contributed by atoms with Gasteiger partial charge >= 0.3 is 0 Å². The molecule has 128 valence electrons. The zero-order chi connectivity index (χ0) is 17.7. The normalized spacial score (nSPS) is 11.7. The van der Waals surface area contributed by atoms with E-state index in [1.807, 2.05) is 0 Å². The van der Waals surface area contributed by atoms with Crippen LogP contribution < -0.4 is 14.8 Å². The number of carbonyl (C=O) groups excluding carboxylic acids is 1. The van der Waals surface area contributed by atoms with E-state index in [0.29, 0.717) is 27.2 Å². The Labute approximate surface area is 155 Å². The zero-order valence-corrected chi connectivity index (χ0v) is 15.8. The highest BCUT2D eigenvalue weighted by Gasteiger charge is 2.17. The number of rotatable bonds is 6. The molecule has 0 bridgehead atoms. The molecule has 0 aliphatic heterocycles. The van der Waals surface area contributed by atoms with Gasteiger partial charge in [-0.25, -0.2) is 0 Å². The van der Waals surface area contributed by atoms with Crippen LogP contribution in [0.15, 0.2) is 41.3 Å². The van der Waals surface area contributed by atoms with Gasteiger partial charge in [0.15, 0.2) is 11.5 Å². The van der Waals surface area contributed by atoms with Crippen molar-refractivity contribution in [3.8, 4) is 11.5 Å². The number of methoxy groups -OCH3 is 2. The fourth-order valence-corrected chi connectivity index (χ4v) is 3.38. The number of carbonyl (C=O) groups is 1. The third kappa shape index (κ3) is 4.72. The van der Waals surface area contributed by atoms with Crippen molar-refractivity contribution in [3.63, 3.8) is 0 Å². The fraction of sp³-hybridized carbons (Fsp3) is 0.235. The summed E-state index contributed by atoms with van der Waals surface area (Å²) in [7, 11) is 3.10. The van der Waals surface area contributed by atoms with Crippen LogP contribution >= 0.6 is 35.0 Å². The Bertz CT molecular complexity index is 740. The summed E-state index contributed by atoms with van der Waals surface area (Å²) >= 11 is 13.5. The number of halogens is 2. The first-order valence-electron chi connectivity index (χ1n) is 7.09. The van der Waals surface area contributed by atoms with Crippen LogP contribution in [0.25, 0.3) is 0 Å². The number of hydrogen-bond acceptors (Lipinski definition) is 4. The minimum Gasteiger partial charge on any atom is -0.493 e. The maximum Gasteiger partial charge on any atom is 0.237 e. The molecule has 0 heterocycles. The van der Waals surface area contributed by atoms with Gasteiger partial charge < -0.3 is 14.8 Å². The van der Waals surface area contributed by atoms with Crippen molar-refractivity contribution in [2.45, 2.75) is 17.1 Å². The number of ether oxygens (including phenoxy) is 2. The first-order chi connectivity index (χ1) is 11.4. The first kappa shape index (κ1) is 18.8. The Balaban J connectivity index is 2.07. The second kappa shape index (κ2) is 8.51. The lowest BCUT2D eigenvalue weighted by molar-refractivity contribution is -0.115. The Morgan fingerprint density at radius 2 is 1.79 bits per heavy atom. The standard InChI is InChI=1S/C17H17Cl2NO3S/c1-10(24-16-8-11(18)4-6-13(16)19)17(21)20-12-5-7-14(22-2)15(9-12)23-3/h4-10H,1-3H3,(H,20,21)/t10-/m1/s1. The van der Waals surface area contributed by atoms with Gasteiger partial charge in [0, 0.05) is 21.7 Å². The summed E-state index contributed by atoms with van der Waals surface area (Å²) in [5.74, 6) is 1.00. The number of amides is 1. The van der Waals surface area contributed by atoms with Crippen molar-refractivity contribution in [1.29, 1.82) is 0 Å². The van der Waals surface area contributed by atoms with E-state index in [1.54, 1.807) is 57.5 Å². The van der Waals surface area contributed by atoms with E-state index in [0.717, 1.165) is 4.90 Å². The number of benzene rings is 2. The highest BCUT2D eigenvalue weighted by molar-refractivity contribution is 8.00. The van der Waals surface area contributed by atoms with E-state index in [4.69, 9.17) is 32.7 Å². The lowest BCUT2D eigenvalue weighted by Gasteiger charge is -2.14. The third-order valence-corrected chi connectivity index (χ3v) is 5.05. The predicted octanol–water partition coefficient (Wildman–Crippen LogP) is 5.13. The molecule has 0 aliphatic carbocycles. The van der Waals surface area contributed by atoms with Gasteiger partial charge in [0.1, 0.15) is 0 Å². The van der Waals surface area contributed by atoms with Gasteiger partial charge in [-0.15, -0.1) is 11.8 Å². The lowest BCUT2D eigenvalue weighted by atomic mass is 10.2. The molecule has 7 heteroatoms. The molecule has 2 rings (SSSR count). The van der Waals surface area contributed by atoms with Gasteiger partial charge in [0.05, 0.1) is 24.5 Å². The van der Waals surface area contributed by atoms with Crippen LogP contribution in [0.1, 0.15) is 6.92 Å². The van der Waals surface area contributed by atoms with Crippen LogP contribution in [-0.2, 0) is 4.79 Å². The summed E-state index contributed by atoms with van der Waals surface area (Å²) in [6, 6.07) is 10.4. The second-order valence-electron chi connectivity index (χ2n) is 4.89. The molecule has 0 radical (unpaired) electrons. The summed E-state index contributed by atoms with van der Waals surface area (Å²) < 4.78 is 10.4. The van der Waals surface area contributed by atoms with Gasteiger partial charge in [0.25, 0.3) is 0 Å². The molecule has 1 N–H and O–H groups in total. The average Bonchev–Trinajstić information content (AvgIpc) is 2.57. The molecule has 2 aromatic rings. The molecule has 0 aliphatic rings. The highest BCUT2D eigenvalue weighted by Crippen LogP contribution is 2.34. The van der Waals surface area contributed by atoms with Gasteiger partial charge in [-0.1, -0.05) is 23.2 Å². The van der Waals surface area contributed by atoms with Crippen molar-refractivity contribution < 1.29 is 14.3 Å². The molecule has 0 unspecified atom stereocenters. The molecule has 0 saturated heterocycles. The Hall–Kier alpha value is -1.56. The zero-order valence-electron chi connectivity index (χ0n) is 13.4. The molecular weight excluding hydrogens is 369 g/mol. The molecule has 24 heavy (non-hydrogen) atoms. The largest absolute Gasteiger partial charge is 0.493 e. The number of thioether (sulfide) groups is 1. The quantitative estimate of drug-likeness (QED) is 0.700. The average molecular weight is 386 g/mol. The van der Waals surface area contributed by atoms with Gasteiger partial charge in [-0.2, -0.15) is 0 Å². The number of nitrogens with one attached hydrogen (secondary N) is 1. The van der Waals surface area contributed by atoms with Crippen LogP contribution in [0.3, 0.4) is 0 Å². The van der Waals surface area contributed by atoms with Crippen molar-refractivity contribution in [2.75, 3.05) is 19.5 Å². The van der Waals surface area contributed by atoms with E-state index in [9.17, 15) is 4.79 Å². The van der Waals surface area contributed by atoms with Crippen LogP contribution in [0.5, 0.6) is 11.5 Å². The van der Waals surface area contributed by atoms with Gasteiger partial charge in [0.2, 0.25) is 5.91 Å². The van der Waals surface area contributed by atoms with Crippen LogP contribution in [-0.4, -0.2) is 25.4 Å². The molecule has 0 spiro atoms. The van der Waals surface area contributed by atoms with E-state index >= 15 is 0 Å². The molecule has 4 nitrogen and oxygen atoms in total. The maximum absolute atomic E-state index is 12.4. The van der Waals surface area contributed by atoms with Crippen molar-refractivity contribution in [1.82, 2.24) is 0 Å². The minimum absolute atomic E-state index is 0.150. The summed E-state index contributed by atoms with van der Waals surface area (Å²) in [4.78, 5) is 13.2. The Kier molecular flexibility index (Phi) is 6.66. The second-order valence-corrected chi connectivity index (χ2v) is 7.12. The molecule has 0 saturated carbocycles. The van der Waals surface area contributed by atoms with Crippen molar-refractivity contribution in [2.24, 2.45) is 0 Å². The lowest BCUT2D eigenvalue weighted by Crippen LogP contribution is -2.22. The van der Waals surface area contributed by atoms with E-state index in [2.05, 4.69) is 5.32 Å². The smallest absolute Gasteiger partial charge is 0.237 e. The molecular formula is C17H17Cl2NO3S. The minimum atomic E-state index is -0.353. The summed E-state index contributed by atoms with van der Waals surface area (Å²) in [6.07, 6.45) is 0. The molecule has 1 atom stereocenters. The molecule has 0 fully saturated rings. The topological polar surface area (TPSA) is 47.6 Å².